The third-order valence-electron chi connectivity index (χ3n) is 6.99. The molecule has 0 aliphatic carbocycles. The summed E-state index contributed by atoms with van der Waals surface area (Å²) in [6.07, 6.45) is 5.45. The molecule has 3 atom stereocenters. The number of hydrogen-bond donors (Lipinski definition) is 1. The van der Waals surface area contributed by atoms with E-state index in [-0.39, 0.29) is 37.0 Å². The second-order valence-electron chi connectivity index (χ2n) is 9.38. The topological polar surface area (TPSA) is 70.1 Å². The molecule has 0 unspecified atom stereocenters. The Kier molecular flexibility index (Phi) is 8.88. The van der Waals surface area contributed by atoms with E-state index in [2.05, 4.69) is 13.0 Å². The summed E-state index contributed by atoms with van der Waals surface area (Å²) in [6.45, 7) is 2.53. The lowest BCUT2D eigenvalue weighted by molar-refractivity contribution is -0.134. The number of anilines is 2. The molecular weight excluding hydrogens is 464 g/mol. The van der Waals surface area contributed by atoms with Crippen LogP contribution in [0.1, 0.15) is 36.1 Å². The molecule has 1 aliphatic heterocycles. The first-order valence-corrected chi connectivity index (χ1v) is 12.6. The van der Waals surface area contributed by atoms with Gasteiger partial charge in [-0.15, -0.1) is 0 Å². The Morgan fingerprint density at radius 3 is 2.32 bits per heavy atom. The van der Waals surface area contributed by atoms with Crippen molar-refractivity contribution in [2.75, 3.05) is 18.6 Å². The molecule has 0 radical (unpaired) electrons. The van der Waals surface area contributed by atoms with E-state index in [1.807, 2.05) is 84.9 Å². The third kappa shape index (κ3) is 6.16. The Labute approximate surface area is 218 Å². The van der Waals surface area contributed by atoms with Gasteiger partial charge < -0.3 is 14.7 Å². The lowest BCUT2D eigenvalue weighted by Crippen LogP contribution is -2.46. The number of aliphatic hydroxyl groups excluding tert-OH is 1. The van der Waals surface area contributed by atoms with Gasteiger partial charge in [-0.05, 0) is 47.4 Å². The first kappa shape index (κ1) is 26.3. The summed E-state index contributed by atoms with van der Waals surface area (Å²) in [5.74, 6) is 0.0286. The van der Waals surface area contributed by atoms with Gasteiger partial charge in [0, 0.05) is 37.4 Å². The fourth-order valence-electron chi connectivity index (χ4n) is 4.98. The lowest BCUT2D eigenvalue weighted by Gasteiger charge is -2.36. The molecule has 0 spiro atoms. The second kappa shape index (κ2) is 12.5. The molecular formula is C31H34N2O4. The molecule has 1 heterocycles. The maximum absolute atomic E-state index is 13.0. The number of benzene rings is 3. The molecule has 4 rings (SSSR count). The number of nitrogens with zero attached hydrogens (tertiary/aromatic N) is 2. The molecule has 192 valence electrons. The van der Waals surface area contributed by atoms with Gasteiger partial charge in [-0.2, -0.15) is 0 Å². The van der Waals surface area contributed by atoms with Crippen LogP contribution in [-0.4, -0.2) is 42.1 Å². The van der Waals surface area contributed by atoms with Crippen molar-refractivity contribution >= 4 is 23.7 Å². The van der Waals surface area contributed by atoms with E-state index in [0.717, 1.165) is 28.9 Å². The standard InChI is InChI=1S/C31H34N2O4/c1-23(9-8-14-30(36)32-20-26-11-7-6-10-25(26)19-29(32)21-34)31(37-2)24-15-17-28(18-16-24)33(22-35)27-12-4-3-5-13-27/h3-13,15-18,22-23,29,31,34H,14,19-21H2,1-2H3/b9-8+/t23-,29+,31+/m1/s1. The summed E-state index contributed by atoms with van der Waals surface area (Å²) in [5.41, 5.74) is 4.90. The minimum Gasteiger partial charge on any atom is -0.394 e. The van der Waals surface area contributed by atoms with Gasteiger partial charge in [-0.3, -0.25) is 14.5 Å². The molecule has 37 heavy (non-hydrogen) atoms. The highest BCUT2D eigenvalue weighted by Gasteiger charge is 2.28. The smallest absolute Gasteiger partial charge is 0.227 e. The van der Waals surface area contributed by atoms with Crippen molar-refractivity contribution in [1.82, 2.24) is 4.90 Å². The summed E-state index contributed by atoms with van der Waals surface area (Å²) >= 11 is 0. The van der Waals surface area contributed by atoms with E-state index in [9.17, 15) is 14.7 Å². The molecule has 6 heteroatoms. The molecule has 1 N–H and O–H groups in total. The maximum Gasteiger partial charge on any atom is 0.227 e. The number of ether oxygens (including phenoxy) is 1. The SMILES string of the molecule is CO[C@H](c1ccc(N(C=O)c2ccccc2)cc1)[C@H](C)/C=C/CC(=O)N1Cc2ccccc2C[C@H]1CO. The molecule has 0 fully saturated rings. The van der Waals surface area contributed by atoms with Crippen LogP contribution in [0.4, 0.5) is 11.4 Å². The summed E-state index contributed by atoms with van der Waals surface area (Å²) in [6, 6.07) is 25.1. The van der Waals surface area contributed by atoms with Crippen molar-refractivity contribution in [2.45, 2.75) is 38.5 Å². The van der Waals surface area contributed by atoms with E-state index >= 15 is 0 Å². The number of para-hydroxylation sites is 1. The highest BCUT2D eigenvalue weighted by atomic mass is 16.5. The predicted octanol–water partition coefficient (Wildman–Crippen LogP) is 5.20. The van der Waals surface area contributed by atoms with Gasteiger partial charge in [0.2, 0.25) is 12.3 Å². The van der Waals surface area contributed by atoms with Gasteiger partial charge in [0.15, 0.2) is 0 Å². The summed E-state index contributed by atoms with van der Waals surface area (Å²) < 4.78 is 5.79. The minimum absolute atomic E-state index is 0.00480. The zero-order chi connectivity index (χ0) is 26.2. The number of carbonyl (C=O) groups excluding carboxylic acids is 2. The normalized spacial score (nSPS) is 16.7. The van der Waals surface area contributed by atoms with Gasteiger partial charge in [-0.1, -0.05) is 73.7 Å². The molecule has 1 aliphatic rings. The Hall–Kier alpha value is -3.74. The van der Waals surface area contributed by atoms with Crippen LogP contribution >= 0.6 is 0 Å². The van der Waals surface area contributed by atoms with Crippen LogP contribution in [0.3, 0.4) is 0 Å². The van der Waals surface area contributed by atoms with Crippen LogP contribution in [0, 0.1) is 5.92 Å². The summed E-state index contributed by atoms with van der Waals surface area (Å²) in [4.78, 5) is 28.1. The molecule has 3 aromatic carbocycles. The van der Waals surface area contributed by atoms with Crippen molar-refractivity contribution in [1.29, 1.82) is 0 Å². The Morgan fingerprint density at radius 2 is 1.68 bits per heavy atom. The predicted molar refractivity (Wildman–Crippen MR) is 145 cm³/mol. The van der Waals surface area contributed by atoms with Gasteiger partial charge in [0.05, 0.1) is 18.8 Å². The third-order valence-corrected chi connectivity index (χ3v) is 6.99. The largest absolute Gasteiger partial charge is 0.394 e. The second-order valence-corrected chi connectivity index (χ2v) is 9.38. The average molecular weight is 499 g/mol. The van der Waals surface area contributed by atoms with Gasteiger partial charge in [0.1, 0.15) is 0 Å². The Morgan fingerprint density at radius 1 is 1.03 bits per heavy atom. The van der Waals surface area contributed by atoms with E-state index in [4.69, 9.17) is 4.74 Å². The monoisotopic (exact) mass is 498 g/mol. The highest BCUT2D eigenvalue weighted by Crippen LogP contribution is 2.30. The van der Waals surface area contributed by atoms with Crippen LogP contribution in [0.15, 0.2) is 91.0 Å². The first-order valence-electron chi connectivity index (χ1n) is 12.6. The van der Waals surface area contributed by atoms with E-state index < -0.39 is 0 Å². The van der Waals surface area contributed by atoms with Crippen molar-refractivity contribution in [3.63, 3.8) is 0 Å². The first-order chi connectivity index (χ1) is 18.0. The molecule has 0 saturated heterocycles. The van der Waals surface area contributed by atoms with Crippen molar-refractivity contribution in [2.24, 2.45) is 5.92 Å². The highest BCUT2D eigenvalue weighted by molar-refractivity contribution is 5.86. The van der Waals surface area contributed by atoms with Crippen LogP contribution in [0.5, 0.6) is 0 Å². The van der Waals surface area contributed by atoms with Crippen molar-refractivity contribution in [3.05, 3.63) is 108 Å². The molecule has 6 nitrogen and oxygen atoms in total. The van der Waals surface area contributed by atoms with Gasteiger partial charge >= 0.3 is 0 Å². The number of methoxy groups -OCH3 is 1. The van der Waals surface area contributed by atoms with Crippen molar-refractivity contribution < 1.29 is 19.4 Å². The minimum atomic E-state index is -0.200. The van der Waals surface area contributed by atoms with Crippen LogP contribution < -0.4 is 4.90 Å². The number of amides is 2. The summed E-state index contributed by atoms with van der Waals surface area (Å²) in [5, 5.41) is 9.86. The van der Waals surface area contributed by atoms with E-state index in [0.29, 0.717) is 13.0 Å². The molecule has 2 amide bonds. The number of fused-ring (bicyclic) bond motifs is 1. The van der Waals surface area contributed by atoms with E-state index in [1.54, 1.807) is 16.9 Å². The Bertz CT molecular complexity index is 1210. The van der Waals surface area contributed by atoms with Crippen LogP contribution in [0.2, 0.25) is 0 Å². The number of aliphatic hydroxyl groups is 1. The average Bonchev–Trinajstić information content (AvgIpc) is 2.94. The number of carbonyl (C=O) groups is 2. The quantitative estimate of drug-likeness (QED) is 0.308. The Balaban J connectivity index is 1.39. The fourth-order valence-corrected chi connectivity index (χ4v) is 4.98. The number of rotatable bonds is 10. The maximum atomic E-state index is 13.0. The lowest BCUT2D eigenvalue weighted by atomic mass is 9.93. The summed E-state index contributed by atoms with van der Waals surface area (Å²) in [7, 11) is 1.67. The molecule has 0 aromatic heterocycles. The van der Waals surface area contributed by atoms with Crippen molar-refractivity contribution in [3.8, 4) is 0 Å². The van der Waals surface area contributed by atoms with Gasteiger partial charge in [0.25, 0.3) is 0 Å². The molecule has 3 aromatic rings. The number of hydrogen-bond acceptors (Lipinski definition) is 4. The van der Waals surface area contributed by atoms with Crippen LogP contribution in [0.25, 0.3) is 0 Å². The zero-order valence-electron chi connectivity index (χ0n) is 21.4. The molecule has 0 bridgehead atoms. The van der Waals surface area contributed by atoms with Crippen LogP contribution in [-0.2, 0) is 27.3 Å². The zero-order valence-corrected chi connectivity index (χ0v) is 21.4. The molecule has 0 saturated carbocycles. The fraction of sp³-hybridized carbons (Fsp3) is 0.290. The van der Waals surface area contributed by atoms with E-state index in [1.165, 1.54) is 5.56 Å². The van der Waals surface area contributed by atoms with Gasteiger partial charge in [-0.25, -0.2) is 0 Å².